The van der Waals surface area contributed by atoms with Crippen LogP contribution in [-0.4, -0.2) is 17.0 Å². The Morgan fingerprint density at radius 1 is 1.40 bits per heavy atom. The van der Waals surface area contributed by atoms with E-state index in [1.807, 2.05) is 0 Å². The van der Waals surface area contributed by atoms with Gasteiger partial charge >= 0.3 is 5.97 Å². The van der Waals surface area contributed by atoms with Gasteiger partial charge in [0.1, 0.15) is 0 Å². The van der Waals surface area contributed by atoms with Crippen molar-refractivity contribution in [2.24, 2.45) is 5.73 Å². The van der Waals surface area contributed by atoms with Crippen molar-refractivity contribution in [2.75, 3.05) is 0 Å². The molecule has 0 saturated carbocycles. The molecule has 1 aromatic rings. The summed E-state index contributed by atoms with van der Waals surface area (Å²) < 4.78 is 0. The lowest BCUT2D eigenvalue weighted by Gasteiger charge is -2.01. The van der Waals surface area contributed by atoms with Gasteiger partial charge in [0.15, 0.2) is 0 Å². The number of hydrogen-bond acceptors (Lipinski definition) is 2. The van der Waals surface area contributed by atoms with Crippen LogP contribution in [0.2, 0.25) is 5.02 Å². The van der Waals surface area contributed by atoms with Gasteiger partial charge in [0, 0.05) is 6.08 Å². The first-order valence-corrected chi connectivity index (χ1v) is 4.39. The molecule has 0 aliphatic heterocycles. The van der Waals surface area contributed by atoms with Crippen LogP contribution in [0.5, 0.6) is 0 Å². The van der Waals surface area contributed by atoms with Gasteiger partial charge in [-0.3, -0.25) is 4.79 Å². The summed E-state index contributed by atoms with van der Waals surface area (Å²) in [5.41, 5.74) is 5.33. The molecule has 1 rings (SSSR count). The van der Waals surface area contributed by atoms with E-state index < -0.39 is 11.9 Å². The van der Waals surface area contributed by atoms with Crippen molar-refractivity contribution in [1.82, 2.24) is 0 Å². The zero-order chi connectivity index (χ0) is 11.4. The molecule has 0 fully saturated rings. The smallest absolute Gasteiger partial charge is 0.337 e. The number of halogens is 1. The summed E-state index contributed by atoms with van der Waals surface area (Å²) >= 11 is 5.80. The van der Waals surface area contributed by atoms with Crippen LogP contribution in [-0.2, 0) is 4.79 Å². The molecule has 3 N–H and O–H groups in total. The van der Waals surface area contributed by atoms with Crippen molar-refractivity contribution in [3.05, 3.63) is 40.4 Å². The zero-order valence-electron chi connectivity index (χ0n) is 7.61. The maximum atomic E-state index is 10.7. The van der Waals surface area contributed by atoms with Gasteiger partial charge in [-0.1, -0.05) is 23.7 Å². The lowest BCUT2D eigenvalue weighted by Crippen LogP contribution is -2.05. The Morgan fingerprint density at radius 2 is 2.07 bits per heavy atom. The summed E-state index contributed by atoms with van der Waals surface area (Å²) in [4.78, 5) is 21.2. The van der Waals surface area contributed by atoms with Gasteiger partial charge in [-0.2, -0.15) is 0 Å². The summed E-state index contributed by atoms with van der Waals surface area (Å²) in [6, 6.07) is 4.51. The maximum Gasteiger partial charge on any atom is 0.337 e. The van der Waals surface area contributed by atoms with Gasteiger partial charge in [-0.05, 0) is 17.7 Å². The van der Waals surface area contributed by atoms with Crippen LogP contribution in [0.4, 0.5) is 0 Å². The monoisotopic (exact) mass is 225 g/mol. The third-order valence-electron chi connectivity index (χ3n) is 1.69. The minimum Gasteiger partial charge on any atom is -0.478 e. The lowest BCUT2D eigenvalue weighted by molar-refractivity contribution is -0.113. The molecule has 15 heavy (non-hydrogen) atoms. The second kappa shape index (κ2) is 4.61. The minimum atomic E-state index is -1.12. The van der Waals surface area contributed by atoms with E-state index in [1.54, 1.807) is 6.07 Å². The molecular weight excluding hydrogens is 218 g/mol. The summed E-state index contributed by atoms with van der Waals surface area (Å²) in [7, 11) is 0. The molecule has 1 amide bonds. The van der Waals surface area contributed by atoms with E-state index in [1.165, 1.54) is 18.2 Å². The van der Waals surface area contributed by atoms with E-state index >= 15 is 0 Å². The minimum absolute atomic E-state index is 0.0108. The summed E-state index contributed by atoms with van der Waals surface area (Å²) in [5.74, 6) is -1.74. The van der Waals surface area contributed by atoms with E-state index in [9.17, 15) is 9.59 Å². The van der Waals surface area contributed by atoms with Crippen LogP contribution in [0.15, 0.2) is 24.3 Å². The van der Waals surface area contributed by atoms with Gasteiger partial charge in [0.05, 0.1) is 10.6 Å². The second-order valence-electron chi connectivity index (χ2n) is 2.75. The highest BCUT2D eigenvalue weighted by Gasteiger charge is 2.09. The Hall–Kier alpha value is -1.81. The van der Waals surface area contributed by atoms with Crippen molar-refractivity contribution >= 4 is 29.6 Å². The van der Waals surface area contributed by atoms with Crippen molar-refractivity contribution in [1.29, 1.82) is 0 Å². The average molecular weight is 226 g/mol. The van der Waals surface area contributed by atoms with Gasteiger partial charge in [-0.25, -0.2) is 4.79 Å². The normalized spacial score (nSPS) is 10.5. The first kappa shape index (κ1) is 11.3. The number of aromatic carboxylic acids is 1. The highest BCUT2D eigenvalue weighted by molar-refractivity contribution is 6.35. The molecular formula is C10H8ClNO3. The molecule has 0 saturated heterocycles. The standard InChI is InChI=1S/C10H8ClNO3/c11-9-6(4-5-8(12)13)2-1-3-7(9)10(14)15/h1-5H,(H2,12,13)(H,14,15). The van der Waals surface area contributed by atoms with E-state index in [-0.39, 0.29) is 10.6 Å². The highest BCUT2D eigenvalue weighted by Crippen LogP contribution is 2.22. The zero-order valence-corrected chi connectivity index (χ0v) is 8.36. The van der Waals surface area contributed by atoms with E-state index in [0.29, 0.717) is 5.56 Å². The number of carbonyl (C=O) groups excluding carboxylic acids is 1. The number of amides is 1. The van der Waals surface area contributed by atoms with E-state index in [0.717, 1.165) is 6.08 Å². The van der Waals surface area contributed by atoms with Crippen LogP contribution in [0.1, 0.15) is 15.9 Å². The quantitative estimate of drug-likeness (QED) is 0.766. The van der Waals surface area contributed by atoms with Crippen LogP contribution in [0, 0.1) is 0 Å². The fourth-order valence-electron chi connectivity index (χ4n) is 1.02. The van der Waals surface area contributed by atoms with Gasteiger partial charge in [0.2, 0.25) is 5.91 Å². The lowest BCUT2D eigenvalue weighted by atomic mass is 10.1. The summed E-state index contributed by atoms with van der Waals surface area (Å²) in [5, 5.41) is 8.85. The van der Waals surface area contributed by atoms with E-state index in [2.05, 4.69) is 0 Å². The van der Waals surface area contributed by atoms with Crippen LogP contribution in [0.3, 0.4) is 0 Å². The molecule has 0 atom stereocenters. The fourth-order valence-corrected chi connectivity index (χ4v) is 1.29. The number of benzene rings is 1. The van der Waals surface area contributed by atoms with Crippen molar-refractivity contribution in [3.63, 3.8) is 0 Å². The number of carboxylic acids is 1. The Labute approximate surface area is 91.0 Å². The fraction of sp³-hybridized carbons (Fsp3) is 0. The number of carboxylic acid groups (broad SMARTS) is 1. The summed E-state index contributed by atoms with van der Waals surface area (Å²) in [6.07, 6.45) is 2.49. The first-order valence-electron chi connectivity index (χ1n) is 4.01. The molecule has 5 heteroatoms. The predicted octanol–water partition coefficient (Wildman–Crippen LogP) is 1.54. The largest absolute Gasteiger partial charge is 0.478 e. The molecule has 0 aromatic heterocycles. The van der Waals surface area contributed by atoms with E-state index in [4.69, 9.17) is 22.4 Å². The topological polar surface area (TPSA) is 80.4 Å². The molecule has 0 aliphatic carbocycles. The Morgan fingerprint density at radius 3 is 2.60 bits per heavy atom. The molecule has 0 unspecified atom stereocenters. The van der Waals surface area contributed by atoms with Crippen molar-refractivity contribution in [2.45, 2.75) is 0 Å². The van der Waals surface area contributed by atoms with Crippen LogP contribution in [0.25, 0.3) is 6.08 Å². The molecule has 0 radical (unpaired) electrons. The number of nitrogens with two attached hydrogens (primary N) is 1. The second-order valence-corrected chi connectivity index (χ2v) is 3.13. The SMILES string of the molecule is NC(=O)C=Cc1cccc(C(=O)O)c1Cl. The Kier molecular flexibility index (Phi) is 3.46. The molecule has 0 heterocycles. The molecule has 4 nitrogen and oxygen atoms in total. The molecule has 0 spiro atoms. The highest BCUT2D eigenvalue weighted by atomic mass is 35.5. The first-order chi connectivity index (χ1) is 7.02. The number of rotatable bonds is 3. The number of hydrogen-bond donors (Lipinski definition) is 2. The number of primary amides is 1. The van der Waals surface area contributed by atoms with Gasteiger partial charge < -0.3 is 10.8 Å². The maximum absolute atomic E-state index is 10.7. The predicted molar refractivity (Wildman–Crippen MR) is 56.6 cm³/mol. The third-order valence-corrected chi connectivity index (χ3v) is 2.11. The van der Waals surface area contributed by atoms with Gasteiger partial charge in [-0.15, -0.1) is 0 Å². The molecule has 0 aliphatic rings. The van der Waals surface area contributed by atoms with Crippen molar-refractivity contribution < 1.29 is 14.7 Å². The Bertz CT molecular complexity index is 440. The Balaban J connectivity index is 3.15. The number of carbonyl (C=O) groups is 2. The third kappa shape index (κ3) is 2.82. The van der Waals surface area contributed by atoms with Crippen LogP contribution >= 0.6 is 11.6 Å². The van der Waals surface area contributed by atoms with Crippen molar-refractivity contribution in [3.8, 4) is 0 Å². The molecule has 1 aromatic carbocycles. The molecule has 0 bridgehead atoms. The summed E-state index contributed by atoms with van der Waals surface area (Å²) in [6.45, 7) is 0. The average Bonchev–Trinajstić information content (AvgIpc) is 2.15. The molecule has 78 valence electrons. The van der Waals surface area contributed by atoms with Gasteiger partial charge in [0.25, 0.3) is 0 Å². The van der Waals surface area contributed by atoms with Crippen LogP contribution < -0.4 is 5.73 Å².